The van der Waals surface area contributed by atoms with Gasteiger partial charge in [-0.25, -0.2) is 4.79 Å². The quantitative estimate of drug-likeness (QED) is 0.772. The van der Waals surface area contributed by atoms with E-state index in [0.29, 0.717) is 13.2 Å². The topological polar surface area (TPSA) is 50.4 Å². The highest BCUT2D eigenvalue weighted by Crippen LogP contribution is 2.26. The smallest absolute Gasteiger partial charge is 0.319 e. The number of ether oxygens (including phenoxy) is 1. The lowest BCUT2D eigenvalue weighted by Gasteiger charge is -2.11. The fraction of sp³-hybridized carbons (Fsp3) is 0.278. The number of aryl methyl sites for hydroxylation is 2. The second-order valence-corrected chi connectivity index (χ2v) is 6.35. The monoisotopic (exact) mass is 374 g/mol. The summed E-state index contributed by atoms with van der Waals surface area (Å²) in [7, 11) is 0. The van der Waals surface area contributed by atoms with E-state index in [1.165, 1.54) is 24.0 Å². The average Bonchev–Trinajstić information content (AvgIpc) is 3.01. The fourth-order valence-electron chi connectivity index (χ4n) is 2.70. The molecule has 0 aliphatic heterocycles. The fourth-order valence-corrected chi connectivity index (χ4v) is 3.08. The molecular formula is C18H19BrN2O2. The predicted octanol–water partition coefficient (Wildman–Crippen LogP) is 4.14. The second kappa shape index (κ2) is 7.51. The zero-order valence-corrected chi connectivity index (χ0v) is 14.4. The highest BCUT2D eigenvalue weighted by molar-refractivity contribution is 9.10. The zero-order valence-electron chi connectivity index (χ0n) is 12.8. The Bertz CT molecular complexity index is 703. The third-order valence-corrected chi connectivity index (χ3v) is 4.54. The van der Waals surface area contributed by atoms with Crippen LogP contribution in [0.1, 0.15) is 17.5 Å². The first-order valence-corrected chi connectivity index (χ1v) is 8.55. The lowest BCUT2D eigenvalue weighted by Crippen LogP contribution is -2.32. The summed E-state index contributed by atoms with van der Waals surface area (Å²) in [4.78, 5) is 11.8. The number of hydrogen-bond donors (Lipinski definition) is 2. The Balaban J connectivity index is 1.41. The van der Waals surface area contributed by atoms with Crippen LogP contribution in [0.2, 0.25) is 0 Å². The minimum Gasteiger partial charge on any atom is -0.492 e. The van der Waals surface area contributed by atoms with E-state index in [2.05, 4.69) is 38.7 Å². The summed E-state index contributed by atoms with van der Waals surface area (Å²) < 4.78 is 6.56. The van der Waals surface area contributed by atoms with Gasteiger partial charge in [0.15, 0.2) is 0 Å². The van der Waals surface area contributed by atoms with Crippen molar-refractivity contribution in [3.63, 3.8) is 0 Å². The molecule has 0 aromatic heterocycles. The predicted molar refractivity (Wildman–Crippen MR) is 95.1 cm³/mol. The van der Waals surface area contributed by atoms with Crippen LogP contribution in [0, 0.1) is 0 Å². The number of urea groups is 1. The van der Waals surface area contributed by atoms with E-state index in [0.717, 1.165) is 22.3 Å². The number of anilines is 1. The van der Waals surface area contributed by atoms with Crippen LogP contribution < -0.4 is 15.4 Å². The van der Waals surface area contributed by atoms with Crippen LogP contribution in [0.15, 0.2) is 46.9 Å². The Morgan fingerprint density at radius 1 is 1.13 bits per heavy atom. The summed E-state index contributed by atoms with van der Waals surface area (Å²) in [5, 5.41) is 5.58. The number of halogens is 1. The Kier molecular flexibility index (Phi) is 5.18. The minimum atomic E-state index is -0.241. The van der Waals surface area contributed by atoms with Gasteiger partial charge in [0, 0.05) is 4.47 Å². The SMILES string of the molecule is O=C(NCCOc1ccc2c(c1)CCC2)Nc1ccccc1Br. The maximum Gasteiger partial charge on any atom is 0.319 e. The van der Waals surface area contributed by atoms with Crippen LogP contribution >= 0.6 is 15.9 Å². The molecule has 3 rings (SSSR count). The first-order chi connectivity index (χ1) is 11.2. The standard InChI is InChI=1S/C18H19BrN2O2/c19-16-6-1-2-7-17(16)21-18(22)20-10-11-23-15-9-8-13-4-3-5-14(13)12-15/h1-2,6-9,12H,3-5,10-11H2,(H2,20,21,22). The average molecular weight is 375 g/mol. The number of hydrogen-bond acceptors (Lipinski definition) is 2. The van der Waals surface area contributed by atoms with Gasteiger partial charge in [-0.05, 0) is 70.6 Å². The van der Waals surface area contributed by atoms with Gasteiger partial charge in [0.2, 0.25) is 0 Å². The van der Waals surface area contributed by atoms with Crippen LogP contribution in [0.3, 0.4) is 0 Å². The van der Waals surface area contributed by atoms with E-state index >= 15 is 0 Å². The summed E-state index contributed by atoms with van der Waals surface area (Å²) >= 11 is 3.39. The molecular weight excluding hydrogens is 356 g/mol. The first-order valence-electron chi connectivity index (χ1n) is 7.76. The van der Waals surface area contributed by atoms with Gasteiger partial charge in [0.1, 0.15) is 12.4 Å². The summed E-state index contributed by atoms with van der Waals surface area (Å²) in [6, 6.07) is 13.5. The van der Waals surface area contributed by atoms with Gasteiger partial charge in [-0.3, -0.25) is 0 Å². The molecule has 0 radical (unpaired) electrons. The number of rotatable bonds is 5. The van der Waals surface area contributed by atoms with E-state index in [4.69, 9.17) is 4.74 Å². The molecule has 0 fully saturated rings. The first kappa shape index (κ1) is 15.9. The Morgan fingerprint density at radius 2 is 1.96 bits per heavy atom. The summed E-state index contributed by atoms with van der Waals surface area (Å²) in [5.74, 6) is 0.874. The normalized spacial score (nSPS) is 12.6. The van der Waals surface area contributed by atoms with Gasteiger partial charge in [-0.1, -0.05) is 18.2 Å². The Hall–Kier alpha value is -2.01. The van der Waals surface area contributed by atoms with Gasteiger partial charge in [-0.15, -0.1) is 0 Å². The molecule has 2 aromatic carbocycles. The second-order valence-electron chi connectivity index (χ2n) is 5.49. The molecule has 1 aliphatic rings. The van der Waals surface area contributed by atoms with Gasteiger partial charge < -0.3 is 15.4 Å². The molecule has 120 valence electrons. The van der Waals surface area contributed by atoms with Gasteiger partial charge in [-0.2, -0.15) is 0 Å². The molecule has 5 heteroatoms. The molecule has 4 nitrogen and oxygen atoms in total. The summed E-state index contributed by atoms with van der Waals surface area (Å²) in [6.45, 7) is 0.898. The maximum absolute atomic E-state index is 11.8. The zero-order chi connectivity index (χ0) is 16.1. The van der Waals surface area contributed by atoms with Crippen molar-refractivity contribution in [2.45, 2.75) is 19.3 Å². The molecule has 0 bridgehead atoms. The lowest BCUT2D eigenvalue weighted by atomic mass is 10.1. The van der Waals surface area contributed by atoms with E-state index in [1.54, 1.807) is 0 Å². The van der Waals surface area contributed by atoms with E-state index in [9.17, 15) is 4.79 Å². The van der Waals surface area contributed by atoms with Crippen molar-refractivity contribution in [3.8, 4) is 5.75 Å². The number of nitrogens with one attached hydrogen (secondary N) is 2. The number of carbonyl (C=O) groups excluding carboxylic acids is 1. The molecule has 2 amide bonds. The Morgan fingerprint density at radius 3 is 2.83 bits per heavy atom. The number of amides is 2. The van der Waals surface area contributed by atoms with Crippen molar-refractivity contribution < 1.29 is 9.53 Å². The molecule has 0 spiro atoms. The molecule has 0 unspecified atom stereocenters. The number of carbonyl (C=O) groups is 1. The molecule has 0 heterocycles. The van der Waals surface area contributed by atoms with Gasteiger partial charge in [0.25, 0.3) is 0 Å². The van der Waals surface area contributed by atoms with Gasteiger partial charge >= 0.3 is 6.03 Å². The summed E-state index contributed by atoms with van der Waals surface area (Å²) in [6.07, 6.45) is 3.54. The highest BCUT2D eigenvalue weighted by atomic mass is 79.9. The highest BCUT2D eigenvalue weighted by Gasteiger charge is 2.11. The largest absolute Gasteiger partial charge is 0.492 e. The molecule has 0 atom stereocenters. The molecule has 23 heavy (non-hydrogen) atoms. The van der Waals surface area contributed by atoms with Crippen molar-refractivity contribution in [2.75, 3.05) is 18.5 Å². The summed E-state index contributed by atoms with van der Waals surface area (Å²) in [5.41, 5.74) is 3.56. The van der Waals surface area contributed by atoms with Crippen molar-refractivity contribution in [1.82, 2.24) is 5.32 Å². The van der Waals surface area contributed by atoms with E-state index < -0.39 is 0 Å². The van der Waals surface area contributed by atoms with Crippen LogP contribution in [-0.4, -0.2) is 19.2 Å². The van der Waals surface area contributed by atoms with Crippen molar-refractivity contribution in [2.24, 2.45) is 0 Å². The van der Waals surface area contributed by atoms with Crippen molar-refractivity contribution >= 4 is 27.6 Å². The van der Waals surface area contributed by atoms with Crippen LogP contribution in [0.25, 0.3) is 0 Å². The maximum atomic E-state index is 11.8. The van der Waals surface area contributed by atoms with E-state index in [-0.39, 0.29) is 6.03 Å². The van der Waals surface area contributed by atoms with Gasteiger partial charge in [0.05, 0.1) is 12.2 Å². The molecule has 1 aliphatic carbocycles. The number of fused-ring (bicyclic) bond motifs is 1. The molecule has 0 saturated carbocycles. The van der Waals surface area contributed by atoms with Crippen molar-refractivity contribution in [1.29, 1.82) is 0 Å². The molecule has 0 saturated heterocycles. The van der Waals surface area contributed by atoms with Crippen LogP contribution in [-0.2, 0) is 12.8 Å². The molecule has 2 N–H and O–H groups in total. The number of benzene rings is 2. The Labute approximate surface area is 144 Å². The third kappa shape index (κ3) is 4.26. The van der Waals surface area contributed by atoms with Crippen LogP contribution in [0.4, 0.5) is 10.5 Å². The lowest BCUT2D eigenvalue weighted by molar-refractivity contribution is 0.247. The van der Waals surface area contributed by atoms with E-state index in [1.807, 2.05) is 30.3 Å². The number of para-hydroxylation sites is 1. The minimum absolute atomic E-state index is 0.241. The van der Waals surface area contributed by atoms with Crippen molar-refractivity contribution in [3.05, 3.63) is 58.1 Å². The third-order valence-electron chi connectivity index (χ3n) is 3.85. The molecule has 2 aromatic rings. The van der Waals surface area contributed by atoms with Crippen LogP contribution in [0.5, 0.6) is 5.75 Å².